The zero-order chi connectivity index (χ0) is 25.9. The van der Waals surface area contributed by atoms with Gasteiger partial charge in [0, 0.05) is 55.8 Å². The molecule has 0 radical (unpaired) electrons. The van der Waals surface area contributed by atoms with Crippen LogP contribution in [0.5, 0.6) is 0 Å². The van der Waals surface area contributed by atoms with E-state index in [2.05, 4.69) is 10.2 Å². The number of hydrogen-bond acceptors (Lipinski definition) is 4. The van der Waals surface area contributed by atoms with E-state index in [1.165, 1.54) is 63.9 Å². The topological polar surface area (TPSA) is 72.9 Å². The number of piperidine rings is 1. The third-order valence-electron chi connectivity index (χ3n) is 7.74. The summed E-state index contributed by atoms with van der Waals surface area (Å²) < 4.78 is 26.0. The van der Waals surface area contributed by atoms with Crippen molar-refractivity contribution >= 4 is 24.0 Å². The van der Waals surface area contributed by atoms with Crippen LogP contribution < -0.4 is 5.32 Å². The van der Waals surface area contributed by atoms with Crippen molar-refractivity contribution < 1.29 is 23.5 Å². The summed E-state index contributed by atoms with van der Waals surface area (Å²) in [6.45, 7) is 5.30. The van der Waals surface area contributed by atoms with Crippen molar-refractivity contribution in [3.05, 3.63) is 34.3 Å². The summed E-state index contributed by atoms with van der Waals surface area (Å²) in [5, 5.41) is 12.0. The first kappa shape index (κ1) is 28.8. The lowest BCUT2D eigenvalue weighted by molar-refractivity contribution is -0.138. The number of nitrogens with zero attached hydrogens (tertiary/aromatic N) is 2. The van der Waals surface area contributed by atoms with Crippen LogP contribution in [-0.4, -0.2) is 66.1 Å². The van der Waals surface area contributed by atoms with Gasteiger partial charge in [-0.1, -0.05) is 43.0 Å². The Kier molecular flexibility index (Phi) is 11.9. The molecule has 1 atom stereocenters. The zero-order valence-corrected chi connectivity index (χ0v) is 21.8. The van der Waals surface area contributed by atoms with Crippen LogP contribution in [0, 0.1) is 11.8 Å². The normalized spacial score (nSPS) is 22.3. The predicted molar refractivity (Wildman–Crippen MR) is 137 cm³/mol. The number of amides is 1. The molecular formula is C27H40ClF2N3O3. The van der Waals surface area contributed by atoms with Gasteiger partial charge in [-0.05, 0) is 62.1 Å². The van der Waals surface area contributed by atoms with E-state index in [0.717, 1.165) is 31.6 Å². The molecule has 0 unspecified atom stereocenters. The molecule has 4 rings (SSSR count). The molecule has 1 amide bonds. The fraction of sp³-hybridized carbons (Fsp3) is 0.704. The molecule has 0 bridgehead atoms. The second kappa shape index (κ2) is 14.8. The lowest BCUT2D eigenvalue weighted by Crippen LogP contribution is -2.43. The lowest BCUT2D eigenvalue weighted by atomic mass is 9.88. The minimum absolute atomic E-state index is 0.0424. The predicted octanol–water partition coefficient (Wildman–Crippen LogP) is 5.35. The van der Waals surface area contributed by atoms with Gasteiger partial charge in [-0.2, -0.15) is 0 Å². The van der Waals surface area contributed by atoms with Crippen LogP contribution in [0.4, 0.5) is 8.78 Å². The average molecular weight is 528 g/mol. The Bertz CT molecular complexity index is 830. The van der Waals surface area contributed by atoms with Crippen LogP contribution in [0.15, 0.2) is 18.2 Å². The van der Waals surface area contributed by atoms with Gasteiger partial charge < -0.3 is 15.3 Å². The number of alkyl halides is 2. The second-order valence-electron chi connectivity index (χ2n) is 10.5. The van der Waals surface area contributed by atoms with Gasteiger partial charge in [0.05, 0.1) is 0 Å². The maximum Gasteiger partial charge on any atom is 0.303 e. The molecule has 2 aliphatic heterocycles. The minimum Gasteiger partial charge on any atom is -0.481 e. The molecule has 2 heterocycles. The molecule has 3 aliphatic rings. The molecule has 202 valence electrons. The number of carbonyl (C=O) groups excluding carboxylic acids is 1. The van der Waals surface area contributed by atoms with Crippen LogP contribution in [-0.2, 0) is 16.1 Å². The number of rotatable bonds is 9. The molecule has 1 saturated carbocycles. The molecule has 9 heteroatoms. The summed E-state index contributed by atoms with van der Waals surface area (Å²) >= 11 is 6.02. The quantitative estimate of drug-likeness (QED) is 0.423. The molecular weight excluding hydrogens is 488 g/mol. The Morgan fingerprint density at radius 2 is 1.75 bits per heavy atom. The maximum atomic E-state index is 13.0. The van der Waals surface area contributed by atoms with E-state index < -0.39 is 12.4 Å². The number of nitrogens with one attached hydrogen (secondary N) is 1. The van der Waals surface area contributed by atoms with Crippen molar-refractivity contribution in [1.29, 1.82) is 0 Å². The number of aliphatic carboxylic acids is 1. The van der Waals surface area contributed by atoms with Gasteiger partial charge in [-0.25, -0.2) is 8.78 Å². The standard InChI is InChI=1S/C14H16ClF2NO2.C13H24N2O/c15-12-3-1-2-10(14(16)17)11(12)8-18-5-4-9(7-18)6-13(19)20;16-11-14-13-6-8-15(9-7-13)10-12-4-2-1-3-5-12/h1-3,9,14H,4-8H2,(H,19,20);11-13H,1-10H2,(H,14,16)/t9-;/m0./s1. The van der Waals surface area contributed by atoms with E-state index in [-0.39, 0.29) is 17.9 Å². The summed E-state index contributed by atoms with van der Waals surface area (Å²) in [6, 6.07) is 4.94. The van der Waals surface area contributed by atoms with Crippen LogP contribution in [0.1, 0.15) is 75.3 Å². The minimum atomic E-state index is -2.55. The van der Waals surface area contributed by atoms with Crippen LogP contribution in [0.25, 0.3) is 0 Å². The molecule has 0 aromatic heterocycles. The van der Waals surface area contributed by atoms with Crippen molar-refractivity contribution in [2.45, 2.75) is 76.8 Å². The number of carboxylic acid groups (broad SMARTS) is 1. The molecule has 2 saturated heterocycles. The number of benzene rings is 1. The highest BCUT2D eigenvalue weighted by atomic mass is 35.5. The van der Waals surface area contributed by atoms with E-state index in [1.807, 2.05) is 4.90 Å². The second-order valence-corrected chi connectivity index (χ2v) is 10.9. The van der Waals surface area contributed by atoms with Gasteiger partial charge >= 0.3 is 5.97 Å². The van der Waals surface area contributed by atoms with Gasteiger partial charge in [0.2, 0.25) is 6.41 Å². The number of hydrogen-bond donors (Lipinski definition) is 2. The highest BCUT2D eigenvalue weighted by Gasteiger charge is 2.26. The molecule has 2 N–H and O–H groups in total. The number of likely N-dealkylation sites (tertiary alicyclic amines) is 2. The summed E-state index contributed by atoms with van der Waals surface area (Å²) in [7, 11) is 0. The summed E-state index contributed by atoms with van der Waals surface area (Å²) in [5.41, 5.74) is 0.402. The Labute approximate surface area is 218 Å². The fourth-order valence-electron chi connectivity index (χ4n) is 5.75. The highest BCUT2D eigenvalue weighted by Crippen LogP contribution is 2.31. The monoisotopic (exact) mass is 527 g/mol. The van der Waals surface area contributed by atoms with E-state index in [0.29, 0.717) is 36.3 Å². The molecule has 6 nitrogen and oxygen atoms in total. The van der Waals surface area contributed by atoms with Crippen molar-refractivity contribution in [3.63, 3.8) is 0 Å². The van der Waals surface area contributed by atoms with Crippen molar-refractivity contribution in [3.8, 4) is 0 Å². The van der Waals surface area contributed by atoms with Gasteiger partial charge in [0.25, 0.3) is 6.43 Å². The third-order valence-corrected chi connectivity index (χ3v) is 8.09. The Morgan fingerprint density at radius 1 is 1.06 bits per heavy atom. The van der Waals surface area contributed by atoms with Crippen molar-refractivity contribution in [2.24, 2.45) is 11.8 Å². The van der Waals surface area contributed by atoms with Gasteiger partial charge in [-0.15, -0.1) is 0 Å². The van der Waals surface area contributed by atoms with Gasteiger partial charge in [0.1, 0.15) is 0 Å². The van der Waals surface area contributed by atoms with Crippen LogP contribution in [0.2, 0.25) is 5.02 Å². The number of halogens is 3. The summed E-state index contributed by atoms with van der Waals surface area (Å²) in [6.07, 6.45) is 8.66. The maximum absolute atomic E-state index is 13.0. The van der Waals surface area contributed by atoms with Crippen molar-refractivity contribution in [2.75, 3.05) is 32.7 Å². The van der Waals surface area contributed by atoms with Crippen LogP contribution >= 0.6 is 11.6 Å². The highest BCUT2D eigenvalue weighted by molar-refractivity contribution is 6.31. The van der Waals surface area contributed by atoms with E-state index >= 15 is 0 Å². The largest absolute Gasteiger partial charge is 0.481 e. The Balaban J connectivity index is 0.000000205. The third kappa shape index (κ3) is 9.27. The van der Waals surface area contributed by atoms with E-state index in [4.69, 9.17) is 16.7 Å². The van der Waals surface area contributed by atoms with Gasteiger partial charge in [-0.3, -0.25) is 14.5 Å². The summed E-state index contributed by atoms with van der Waals surface area (Å²) in [4.78, 5) is 25.6. The molecule has 0 spiro atoms. The zero-order valence-electron chi connectivity index (χ0n) is 21.0. The first-order chi connectivity index (χ1) is 17.4. The van der Waals surface area contributed by atoms with Crippen LogP contribution in [0.3, 0.4) is 0 Å². The molecule has 1 aromatic rings. The van der Waals surface area contributed by atoms with Crippen molar-refractivity contribution in [1.82, 2.24) is 15.1 Å². The lowest BCUT2D eigenvalue weighted by Gasteiger charge is -2.35. The average Bonchev–Trinajstić information content (AvgIpc) is 3.29. The molecule has 36 heavy (non-hydrogen) atoms. The van der Waals surface area contributed by atoms with E-state index in [9.17, 15) is 18.4 Å². The first-order valence-corrected chi connectivity index (χ1v) is 13.6. The SMILES string of the molecule is O=C(O)C[C@@H]1CCN(Cc2c(Cl)cccc2C(F)F)C1.O=CNC1CCN(CC2CCCCC2)CC1. The number of carboxylic acids is 1. The summed E-state index contributed by atoms with van der Waals surface area (Å²) in [5.74, 6) is 0.220. The molecule has 1 aliphatic carbocycles. The Hall–Kier alpha value is -1.77. The first-order valence-electron chi connectivity index (χ1n) is 13.3. The smallest absolute Gasteiger partial charge is 0.303 e. The number of carbonyl (C=O) groups is 2. The van der Waals surface area contributed by atoms with E-state index in [1.54, 1.807) is 6.07 Å². The Morgan fingerprint density at radius 3 is 2.39 bits per heavy atom. The van der Waals surface area contributed by atoms with Gasteiger partial charge in [0.15, 0.2) is 0 Å². The molecule has 1 aromatic carbocycles. The molecule has 3 fully saturated rings. The fourth-order valence-corrected chi connectivity index (χ4v) is 6.00.